The van der Waals surface area contributed by atoms with Crippen LogP contribution in [-0.2, 0) is 11.3 Å². The third-order valence-electron chi connectivity index (χ3n) is 3.36. The van der Waals surface area contributed by atoms with Gasteiger partial charge in [0.1, 0.15) is 5.75 Å². The van der Waals surface area contributed by atoms with Crippen molar-refractivity contribution in [1.82, 2.24) is 4.90 Å². The fourth-order valence-electron chi connectivity index (χ4n) is 2.30. The molecule has 0 saturated heterocycles. The van der Waals surface area contributed by atoms with Crippen molar-refractivity contribution < 1.29 is 9.53 Å². The Labute approximate surface area is 146 Å². The predicted octanol–water partition coefficient (Wildman–Crippen LogP) is 3.29. The Morgan fingerprint density at radius 2 is 2.12 bits per heavy atom. The van der Waals surface area contributed by atoms with E-state index in [0.717, 1.165) is 5.56 Å². The summed E-state index contributed by atoms with van der Waals surface area (Å²) in [6, 6.07) is 14.5. The number of likely N-dealkylation sites (N-methyl/N-ethyl adjacent to an activating group) is 1. The quantitative estimate of drug-likeness (QED) is 0.874. The maximum absolute atomic E-state index is 12.1. The number of carbonyl (C=O) groups excluding carboxylic acids is 1. The predicted molar refractivity (Wildman–Crippen MR) is 94.1 cm³/mol. The van der Waals surface area contributed by atoms with Crippen LogP contribution >= 0.6 is 11.6 Å². The summed E-state index contributed by atoms with van der Waals surface area (Å²) in [4.78, 5) is 14.0. The second-order valence-electron chi connectivity index (χ2n) is 5.38. The van der Waals surface area contributed by atoms with E-state index in [2.05, 4.69) is 11.4 Å². The van der Waals surface area contributed by atoms with Gasteiger partial charge in [0.25, 0.3) is 0 Å². The van der Waals surface area contributed by atoms with E-state index in [1.165, 1.54) is 7.11 Å². The molecule has 1 amide bonds. The number of rotatable bonds is 6. The molecule has 2 aromatic carbocycles. The lowest BCUT2D eigenvalue weighted by molar-refractivity contribution is -0.117. The zero-order valence-electron chi connectivity index (χ0n) is 13.5. The van der Waals surface area contributed by atoms with Crippen LogP contribution in [0.4, 0.5) is 5.69 Å². The number of methoxy groups -OCH3 is 1. The number of nitrogens with zero attached hydrogens (tertiary/aromatic N) is 2. The lowest BCUT2D eigenvalue weighted by Gasteiger charge is -2.16. The molecule has 6 heteroatoms. The van der Waals surface area contributed by atoms with Crippen LogP contribution < -0.4 is 10.1 Å². The van der Waals surface area contributed by atoms with E-state index >= 15 is 0 Å². The minimum absolute atomic E-state index is 0.143. The molecule has 2 rings (SSSR count). The topological polar surface area (TPSA) is 65.4 Å². The van der Waals surface area contributed by atoms with Gasteiger partial charge in [0.2, 0.25) is 5.91 Å². The van der Waals surface area contributed by atoms with Crippen molar-refractivity contribution in [2.45, 2.75) is 6.54 Å². The van der Waals surface area contributed by atoms with Crippen molar-refractivity contribution in [1.29, 1.82) is 5.26 Å². The van der Waals surface area contributed by atoms with E-state index in [9.17, 15) is 4.79 Å². The minimum atomic E-state index is -0.143. The molecular weight excluding hydrogens is 326 g/mol. The van der Waals surface area contributed by atoms with Crippen LogP contribution in [-0.4, -0.2) is 31.5 Å². The lowest BCUT2D eigenvalue weighted by atomic mass is 10.1. The average Bonchev–Trinajstić information content (AvgIpc) is 2.55. The molecule has 0 bridgehead atoms. The van der Waals surface area contributed by atoms with Crippen molar-refractivity contribution in [2.75, 3.05) is 26.0 Å². The molecule has 124 valence electrons. The number of nitrogens with one attached hydrogen (secondary N) is 1. The SMILES string of the molecule is COc1ccc(NC(=O)CN(C)Cc2cccc(C#N)c2)cc1Cl. The van der Waals surface area contributed by atoms with Crippen LogP contribution in [0.1, 0.15) is 11.1 Å². The first kappa shape index (κ1) is 17.8. The van der Waals surface area contributed by atoms with Gasteiger partial charge in [-0.05, 0) is 42.9 Å². The van der Waals surface area contributed by atoms with Gasteiger partial charge in [0, 0.05) is 12.2 Å². The van der Waals surface area contributed by atoms with Gasteiger partial charge in [-0.2, -0.15) is 5.26 Å². The number of nitriles is 1. The van der Waals surface area contributed by atoms with Crippen LogP contribution in [0.5, 0.6) is 5.75 Å². The maximum Gasteiger partial charge on any atom is 0.238 e. The third kappa shape index (κ3) is 4.98. The summed E-state index contributed by atoms with van der Waals surface area (Å²) in [5, 5.41) is 12.2. The van der Waals surface area contributed by atoms with Crippen molar-refractivity contribution in [3.05, 3.63) is 58.6 Å². The molecule has 0 radical (unpaired) electrons. The Balaban J connectivity index is 1.91. The molecule has 0 aromatic heterocycles. The highest BCUT2D eigenvalue weighted by Crippen LogP contribution is 2.27. The number of ether oxygens (including phenoxy) is 1. The first-order chi connectivity index (χ1) is 11.5. The molecule has 0 aliphatic carbocycles. The Kier molecular flexibility index (Phi) is 6.19. The summed E-state index contributed by atoms with van der Waals surface area (Å²) in [5.74, 6) is 0.416. The first-order valence-electron chi connectivity index (χ1n) is 7.33. The Morgan fingerprint density at radius 3 is 2.79 bits per heavy atom. The van der Waals surface area contributed by atoms with Gasteiger partial charge in [-0.15, -0.1) is 0 Å². The molecule has 0 saturated carbocycles. The number of anilines is 1. The minimum Gasteiger partial charge on any atom is -0.495 e. The zero-order valence-corrected chi connectivity index (χ0v) is 14.3. The fourth-order valence-corrected chi connectivity index (χ4v) is 2.55. The van der Waals surface area contributed by atoms with E-state index < -0.39 is 0 Å². The highest BCUT2D eigenvalue weighted by atomic mass is 35.5. The molecule has 0 heterocycles. The number of amides is 1. The molecule has 0 aliphatic heterocycles. The molecule has 24 heavy (non-hydrogen) atoms. The van der Waals surface area contributed by atoms with Crippen LogP contribution in [0, 0.1) is 11.3 Å². The molecule has 0 fully saturated rings. The van der Waals surface area contributed by atoms with Crippen LogP contribution in [0.15, 0.2) is 42.5 Å². The smallest absolute Gasteiger partial charge is 0.238 e. The van der Waals surface area contributed by atoms with Crippen LogP contribution in [0.2, 0.25) is 5.02 Å². The molecule has 1 N–H and O–H groups in total. The number of hydrogen-bond acceptors (Lipinski definition) is 4. The normalized spacial score (nSPS) is 10.3. The Hall–Kier alpha value is -2.55. The maximum atomic E-state index is 12.1. The summed E-state index contributed by atoms with van der Waals surface area (Å²) >= 11 is 6.04. The van der Waals surface area contributed by atoms with Gasteiger partial charge >= 0.3 is 0 Å². The second-order valence-corrected chi connectivity index (χ2v) is 5.79. The lowest BCUT2D eigenvalue weighted by Crippen LogP contribution is -2.29. The van der Waals surface area contributed by atoms with E-state index in [1.807, 2.05) is 30.1 Å². The first-order valence-corrected chi connectivity index (χ1v) is 7.70. The van der Waals surface area contributed by atoms with Crippen molar-refractivity contribution in [3.8, 4) is 11.8 Å². The Bertz CT molecular complexity index is 771. The molecule has 0 atom stereocenters. The van der Waals surface area contributed by atoms with E-state index in [-0.39, 0.29) is 12.5 Å². The van der Waals surface area contributed by atoms with Gasteiger partial charge in [0.15, 0.2) is 0 Å². The fraction of sp³-hybridized carbons (Fsp3) is 0.222. The summed E-state index contributed by atoms with van der Waals surface area (Å²) < 4.78 is 5.08. The summed E-state index contributed by atoms with van der Waals surface area (Å²) in [6.07, 6.45) is 0. The van der Waals surface area contributed by atoms with Gasteiger partial charge < -0.3 is 10.1 Å². The molecular formula is C18H18ClN3O2. The van der Waals surface area contributed by atoms with Gasteiger partial charge in [-0.1, -0.05) is 23.7 Å². The summed E-state index contributed by atoms with van der Waals surface area (Å²) in [7, 11) is 3.38. The largest absolute Gasteiger partial charge is 0.495 e. The summed E-state index contributed by atoms with van der Waals surface area (Å²) in [5.41, 5.74) is 2.21. The van der Waals surface area contributed by atoms with Gasteiger partial charge in [-0.3, -0.25) is 9.69 Å². The number of halogens is 1. The average molecular weight is 344 g/mol. The Morgan fingerprint density at radius 1 is 1.33 bits per heavy atom. The molecule has 2 aromatic rings. The van der Waals surface area contributed by atoms with Gasteiger partial charge in [-0.25, -0.2) is 0 Å². The molecule has 0 aliphatic rings. The highest BCUT2D eigenvalue weighted by molar-refractivity contribution is 6.32. The molecule has 5 nitrogen and oxygen atoms in total. The van der Waals surface area contributed by atoms with Gasteiger partial charge in [0.05, 0.1) is 30.3 Å². The molecule has 0 unspecified atom stereocenters. The number of benzene rings is 2. The van der Waals surface area contributed by atoms with Crippen molar-refractivity contribution in [2.24, 2.45) is 0 Å². The molecule has 0 spiro atoms. The number of hydrogen-bond donors (Lipinski definition) is 1. The standard InChI is InChI=1S/C18H18ClN3O2/c1-22(11-14-5-3-4-13(8-14)10-20)12-18(23)21-15-6-7-17(24-2)16(19)9-15/h3-9H,11-12H2,1-2H3,(H,21,23). The van der Waals surface area contributed by atoms with Crippen LogP contribution in [0.3, 0.4) is 0 Å². The summed E-state index contributed by atoms with van der Waals surface area (Å²) in [6.45, 7) is 0.798. The third-order valence-corrected chi connectivity index (χ3v) is 3.65. The van der Waals surface area contributed by atoms with Crippen molar-refractivity contribution >= 4 is 23.2 Å². The van der Waals surface area contributed by atoms with E-state index in [0.29, 0.717) is 28.6 Å². The van der Waals surface area contributed by atoms with Crippen LogP contribution in [0.25, 0.3) is 0 Å². The zero-order chi connectivity index (χ0) is 17.5. The highest BCUT2D eigenvalue weighted by Gasteiger charge is 2.09. The number of carbonyl (C=O) groups is 1. The second kappa shape index (κ2) is 8.34. The monoisotopic (exact) mass is 343 g/mol. The van der Waals surface area contributed by atoms with Crippen molar-refractivity contribution in [3.63, 3.8) is 0 Å². The van der Waals surface area contributed by atoms with E-state index in [4.69, 9.17) is 21.6 Å². The van der Waals surface area contributed by atoms with E-state index in [1.54, 1.807) is 24.3 Å².